The Hall–Kier alpha value is -1.02. The number of imidazole rings is 1. The van der Waals surface area contributed by atoms with Gasteiger partial charge in [-0.2, -0.15) is 0 Å². The van der Waals surface area contributed by atoms with Gasteiger partial charge in [-0.1, -0.05) is 32.4 Å². The summed E-state index contributed by atoms with van der Waals surface area (Å²) in [5.41, 5.74) is 1.18. The van der Waals surface area contributed by atoms with Crippen molar-refractivity contribution in [2.24, 2.45) is 0 Å². The first-order valence-corrected chi connectivity index (χ1v) is 13.1. The minimum atomic E-state index is -1.84. The fraction of sp³-hybridized carbons (Fsp3) is 0.737. The molecule has 27 heavy (non-hydrogen) atoms. The van der Waals surface area contributed by atoms with Crippen LogP contribution in [0.2, 0.25) is 23.3 Å². The number of ether oxygens (including phenoxy) is 1. The first kappa shape index (κ1) is 19.3. The second kappa shape index (κ2) is 6.51. The van der Waals surface area contributed by atoms with Gasteiger partial charge in [0.1, 0.15) is 18.1 Å². The van der Waals surface area contributed by atoms with Crippen molar-refractivity contribution in [3.8, 4) is 0 Å². The van der Waals surface area contributed by atoms with Crippen LogP contribution in [0.3, 0.4) is 0 Å². The lowest BCUT2D eigenvalue weighted by Gasteiger charge is -2.42. The Kier molecular flexibility index (Phi) is 4.65. The van der Waals surface area contributed by atoms with Crippen LogP contribution in [0.15, 0.2) is 12.7 Å². The van der Waals surface area contributed by atoms with Gasteiger partial charge in [0.25, 0.3) is 0 Å². The van der Waals surface area contributed by atoms with E-state index in [9.17, 15) is 0 Å². The summed E-state index contributed by atoms with van der Waals surface area (Å²) in [5.74, 6) is 0. The molecule has 0 N–H and O–H groups in total. The minimum Gasteiger partial charge on any atom is -0.411 e. The molecule has 2 fully saturated rings. The largest absolute Gasteiger partial charge is 0.411 e. The molecular formula is C19H29ClN4O2Si. The van der Waals surface area contributed by atoms with Crippen molar-refractivity contribution >= 4 is 31.1 Å². The normalized spacial score (nSPS) is 29.3. The average molecular weight is 409 g/mol. The summed E-state index contributed by atoms with van der Waals surface area (Å²) in [6.45, 7) is 11.5. The molecule has 1 saturated heterocycles. The van der Waals surface area contributed by atoms with Gasteiger partial charge in [0.15, 0.2) is 19.1 Å². The zero-order valence-corrected chi connectivity index (χ0v) is 18.6. The van der Waals surface area contributed by atoms with Crippen LogP contribution in [0, 0.1) is 0 Å². The lowest BCUT2D eigenvalue weighted by Crippen LogP contribution is -2.50. The van der Waals surface area contributed by atoms with Crippen molar-refractivity contribution in [3.05, 3.63) is 17.8 Å². The number of fused-ring (bicyclic) bond motifs is 1. The molecular weight excluding hydrogens is 380 g/mol. The molecule has 0 radical (unpaired) electrons. The molecule has 148 valence electrons. The Balaban J connectivity index is 1.58. The van der Waals surface area contributed by atoms with Crippen LogP contribution < -0.4 is 0 Å². The zero-order valence-electron chi connectivity index (χ0n) is 16.8. The molecule has 0 unspecified atom stereocenters. The molecule has 1 spiro atoms. The average Bonchev–Trinajstić information content (AvgIpc) is 3.27. The lowest BCUT2D eigenvalue weighted by molar-refractivity contribution is -0.115. The summed E-state index contributed by atoms with van der Waals surface area (Å²) in [6, 6.07) is 0. The Labute approximate surface area is 166 Å². The van der Waals surface area contributed by atoms with Gasteiger partial charge in [-0.05, 0) is 50.2 Å². The summed E-state index contributed by atoms with van der Waals surface area (Å²) in [4.78, 5) is 12.8. The number of aromatic nitrogens is 4. The topological polar surface area (TPSA) is 62.1 Å². The van der Waals surface area contributed by atoms with Crippen LogP contribution in [0.5, 0.6) is 0 Å². The third-order valence-electron chi connectivity index (χ3n) is 6.71. The van der Waals surface area contributed by atoms with E-state index in [1.54, 1.807) is 6.33 Å². The highest BCUT2D eigenvalue weighted by Gasteiger charge is 2.53. The molecule has 3 heterocycles. The van der Waals surface area contributed by atoms with Gasteiger partial charge in [-0.3, -0.25) is 4.57 Å². The number of rotatable bonds is 3. The highest BCUT2D eigenvalue weighted by atomic mass is 35.5. The van der Waals surface area contributed by atoms with E-state index in [4.69, 9.17) is 20.8 Å². The molecule has 2 aliphatic rings. The highest BCUT2D eigenvalue weighted by Crippen LogP contribution is 2.50. The first-order valence-electron chi connectivity index (χ1n) is 9.82. The van der Waals surface area contributed by atoms with E-state index >= 15 is 0 Å². The van der Waals surface area contributed by atoms with Crippen LogP contribution in [0.25, 0.3) is 11.2 Å². The number of halogens is 1. The second-order valence-corrected chi connectivity index (χ2v) is 14.5. The van der Waals surface area contributed by atoms with Gasteiger partial charge in [-0.25, -0.2) is 15.0 Å². The molecule has 0 amide bonds. The van der Waals surface area contributed by atoms with Crippen LogP contribution in [-0.4, -0.2) is 39.5 Å². The predicted octanol–water partition coefficient (Wildman–Crippen LogP) is 5.10. The molecule has 8 heteroatoms. The first-order chi connectivity index (χ1) is 12.6. The van der Waals surface area contributed by atoms with Crippen molar-refractivity contribution in [1.29, 1.82) is 0 Å². The fourth-order valence-electron chi connectivity index (χ4n) is 4.12. The Bertz CT molecular complexity index is 850. The molecule has 4 rings (SSSR count). The molecule has 1 saturated carbocycles. The van der Waals surface area contributed by atoms with Gasteiger partial charge < -0.3 is 9.16 Å². The third kappa shape index (κ3) is 3.22. The maximum absolute atomic E-state index is 6.82. The van der Waals surface area contributed by atoms with E-state index in [0.29, 0.717) is 10.7 Å². The quantitative estimate of drug-likeness (QED) is 0.522. The third-order valence-corrected chi connectivity index (χ3v) is 11.5. The van der Waals surface area contributed by atoms with Crippen LogP contribution in [0.4, 0.5) is 0 Å². The van der Waals surface area contributed by atoms with Crippen LogP contribution in [-0.2, 0) is 9.16 Å². The molecule has 6 nitrogen and oxygen atoms in total. The van der Waals surface area contributed by atoms with Crippen molar-refractivity contribution in [2.75, 3.05) is 0 Å². The molecule has 0 bridgehead atoms. The van der Waals surface area contributed by atoms with Crippen molar-refractivity contribution in [3.63, 3.8) is 0 Å². The number of nitrogens with zero attached hydrogens (tertiary/aromatic N) is 4. The van der Waals surface area contributed by atoms with E-state index in [1.165, 1.54) is 6.33 Å². The molecule has 2 aromatic heterocycles. The van der Waals surface area contributed by atoms with Crippen molar-refractivity contribution in [1.82, 2.24) is 19.5 Å². The Morgan fingerprint density at radius 1 is 1.22 bits per heavy atom. The van der Waals surface area contributed by atoms with Crippen LogP contribution in [0.1, 0.15) is 59.1 Å². The number of hydrogen-bond donors (Lipinski definition) is 0. The molecule has 0 aromatic carbocycles. The monoisotopic (exact) mass is 408 g/mol. The zero-order chi connectivity index (χ0) is 19.4. The Morgan fingerprint density at radius 2 is 2.00 bits per heavy atom. The predicted molar refractivity (Wildman–Crippen MR) is 108 cm³/mol. The fourth-order valence-corrected chi connectivity index (χ4v) is 5.69. The van der Waals surface area contributed by atoms with Crippen LogP contribution >= 0.6 is 11.6 Å². The van der Waals surface area contributed by atoms with Gasteiger partial charge in [0, 0.05) is 0 Å². The molecule has 1 aliphatic carbocycles. The van der Waals surface area contributed by atoms with Gasteiger partial charge in [0.2, 0.25) is 0 Å². The van der Waals surface area contributed by atoms with E-state index in [2.05, 4.69) is 48.8 Å². The molecule has 3 atom stereocenters. The van der Waals surface area contributed by atoms with Crippen molar-refractivity contribution < 1.29 is 9.16 Å². The molecule has 1 aliphatic heterocycles. The maximum Gasteiger partial charge on any atom is 0.192 e. The van der Waals surface area contributed by atoms with Crippen molar-refractivity contribution in [2.45, 2.75) is 88.9 Å². The second-order valence-electron chi connectivity index (χ2n) is 9.42. The van der Waals surface area contributed by atoms with E-state index < -0.39 is 8.32 Å². The van der Waals surface area contributed by atoms with Gasteiger partial charge in [0.05, 0.1) is 18.0 Å². The lowest BCUT2D eigenvalue weighted by atomic mass is 9.96. The van der Waals surface area contributed by atoms with E-state index in [0.717, 1.165) is 37.8 Å². The van der Waals surface area contributed by atoms with E-state index in [1.807, 2.05) is 4.57 Å². The highest BCUT2D eigenvalue weighted by molar-refractivity contribution is 6.74. The summed E-state index contributed by atoms with van der Waals surface area (Å²) in [5, 5.41) is 0.578. The SMILES string of the molecule is CC(C)(C)[Si](C)(C)O[C@H]1CCC[C@]12CC[C@H](n1cnc3c(Cl)ncnc31)O2. The Morgan fingerprint density at radius 3 is 2.74 bits per heavy atom. The van der Waals surface area contributed by atoms with E-state index in [-0.39, 0.29) is 23.0 Å². The summed E-state index contributed by atoms with van der Waals surface area (Å²) < 4.78 is 15.5. The standard InChI is InChI=1S/C19H29ClN4O2Si/c1-18(2,3)27(4,5)26-13-7-6-9-19(13)10-8-14(25-19)24-12-23-15-16(20)21-11-22-17(15)24/h11-14H,6-10H2,1-5H3/t13-,14+,19-/m0/s1. The smallest absolute Gasteiger partial charge is 0.192 e. The maximum atomic E-state index is 6.82. The summed E-state index contributed by atoms with van der Waals surface area (Å²) >= 11 is 6.15. The minimum absolute atomic E-state index is 0.0791. The van der Waals surface area contributed by atoms with Gasteiger partial charge in [-0.15, -0.1) is 0 Å². The summed E-state index contributed by atoms with van der Waals surface area (Å²) in [7, 11) is -1.84. The number of hydrogen-bond acceptors (Lipinski definition) is 5. The van der Waals surface area contributed by atoms with Gasteiger partial charge >= 0.3 is 0 Å². The summed E-state index contributed by atoms with van der Waals surface area (Å²) in [6.07, 6.45) is 8.59. The molecule has 2 aromatic rings.